The van der Waals surface area contributed by atoms with Crippen molar-refractivity contribution in [3.05, 3.63) is 75.2 Å². The van der Waals surface area contributed by atoms with Crippen LogP contribution in [-0.4, -0.2) is 83.1 Å². The van der Waals surface area contributed by atoms with E-state index in [1.807, 2.05) is 42.7 Å². The van der Waals surface area contributed by atoms with Gasteiger partial charge in [-0.2, -0.15) is 0 Å². The highest BCUT2D eigenvalue weighted by molar-refractivity contribution is 7.91. The van der Waals surface area contributed by atoms with Gasteiger partial charge in [-0.05, 0) is 88.6 Å². The SMILES string of the molecule is COc1ccc2c(O[C@@H]3C[C@H]4C(=O)N[C@]5(C(=O)NS(=O)(=O)C6(C)CC6)C[C@H]5/C=C\CCCCC[C@H](Nc5cc(Cl)cc(Cl)c5)C(=O)N4C3)cc(-c3nc(C(C)C)cs3)nc2c1C. The van der Waals surface area contributed by atoms with Crippen molar-refractivity contribution in [3.8, 4) is 22.2 Å². The highest BCUT2D eigenvalue weighted by atomic mass is 35.5. The van der Waals surface area contributed by atoms with Gasteiger partial charge in [0, 0.05) is 50.5 Å². The Balaban J connectivity index is 1.16. The van der Waals surface area contributed by atoms with Gasteiger partial charge in [0.2, 0.25) is 21.8 Å². The van der Waals surface area contributed by atoms with E-state index >= 15 is 0 Å². The van der Waals surface area contributed by atoms with Crippen molar-refractivity contribution in [3.63, 3.8) is 0 Å². The van der Waals surface area contributed by atoms with E-state index in [2.05, 4.69) is 29.2 Å². The highest BCUT2D eigenvalue weighted by Crippen LogP contribution is 2.48. The molecule has 5 atom stereocenters. The molecule has 0 unspecified atom stereocenters. The number of pyridine rings is 1. The van der Waals surface area contributed by atoms with Crippen LogP contribution in [0.3, 0.4) is 0 Å². The molecule has 3 N–H and O–H groups in total. The normalized spacial score (nSPS) is 25.5. The van der Waals surface area contributed by atoms with Gasteiger partial charge in [-0.25, -0.2) is 18.4 Å². The predicted molar refractivity (Wildman–Crippen MR) is 243 cm³/mol. The number of carbonyl (C=O) groups excluding carboxylic acids is 3. The summed E-state index contributed by atoms with van der Waals surface area (Å²) in [5.41, 5.74) is 2.09. The topological polar surface area (TPSA) is 169 Å². The van der Waals surface area contributed by atoms with Gasteiger partial charge in [-0.3, -0.25) is 19.1 Å². The second kappa shape index (κ2) is 17.3. The van der Waals surface area contributed by atoms with E-state index in [1.54, 1.807) is 32.2 Å². The maximum Gasteiger partial charge on any atom is 0.259 e. The minimum atomic E-state index is -4.00. The van der Waals surface area contributed by atoms with Crippen molar-refractivity contribution in [2.75, 3.05) is 19.0 Å². The van der Waals surface area contributed by atoms with E-state index < -0.39 is 56.2 Å². The third-order valence-electron chi connectivity index (χ3n) is 12.7. The number of ether oxygens (including phenoxy) is 2. The number of allylic oxidation sites excluding steroid dienone is 1. The predicted octanol–water partition coefficient (Wildman–Crippen LogP) is 8.33. The van der Waals surface area contributed by atoms with Crippen LogP contribution in [0.2, 0.25) is 10.0 Å². The molecule has 3 amide bonds. The van der Waals surface area contributed by atoms with Crippen molar-refractivity contribution in [1.82, 2.24) is 24.9 Å². The number of methoxy groups -OCH3 is 1. The first-order valence-electron chi connectivity index (χ1n) is 21.2. The number of hydrogen-bond donors (Lipinski definition) is 3. The fraction of sp³-hybridized carbons (Fsp3) is 0.489. The monoisotopic (exact) mass is 922 g/mol. The summed E-state index contributed by atoms with van der Waals surface area (Å²) in [4.78, 5) is 55.2. The summed E-state index contributed by atoms with van der Waals surface area (Å²) >= 11 is 14.3. The van der Waals surface area contributed by atoms with E-state index in [9.17, 15) is 22.8 Å². The molecule has 13 nitrogen and oxygen atoms in total. The van der Waals surface area contributed by atoms with Gasteiger partial charge in [-0.15, -0.1) is 11.3 Å². The molecule has 2 aromatic carbocycles. The molecule has 4 aromatic rings. The highest BCUT2D eigenvalue weighted by Gasteiger charge is 2.63. The maximum atomic E-state index is 15.0. The standard InChI is InChI=1S/C45H52Cl2N6O7S2/c1-25(2)35-24-61-41(50-35)34-21-38(32-13-14-37(59-5)26(3)39(32)49-34)60-31-20-36-40(54)51-45(43(56)52-62(57,58)44(4)15-16-44)22-27(45)11-9-7-6-8-10-12-33(42(55)53(36)23-31)48-30-18-28(46)17-29(47)19-30/h9,11,13-14,17-19,21,24-25,27,31,33,36,48H,6-8,10,12,15-16,20,22-23H2,1-5H3,(H,51,54)(H,52,56)/b11-9-/t27-,31-,33+,36+,45-/m1/s1. The molecule has 62 heavy (non-hydrogen) atoms. The van der Waals surface area contributed by atoms with Crippen molar-refractivity contribution >= 4 is 78.9 Å². The molecule has 0 bridgehead atoms. The van der Waals surface area contributed by atoms with Crippen molar-refractivity contribution in [2.45, 2.75) is 120 Å². The number of hydrogen-bond acceptors (Lipinski definition) is 11. The molecule has 8 rings (SSSR count). The second-order valence-electron chi connectivity index (χ2n) is 17.6. The van der Waals surface area contributed by atoms with Crippen LogP contribution in [0, 0.1) is 12.8 Å². The number of thiazole rings is 1. The Bertz CT molecular complexity index is 2540. The third-order valence-corrected chi connectivity index (χ3v) is 16.2. The lowest BCUT2D eigenvalue weighted by atomic mass is 10.0. The Morgan fingerprint density at radius 2 is 1.81 bits per heavy atom. The molecule has 4 heterocycles. The number of benzene rings is 2. The van der Waals surface area contributed by atoms with E-state index in [4.69, 9.17) is 42.6 Å². The number of nitrogens with one attached hydrogen (secondary N) is 3. The molecular weight excluding hydrogens is 872 g/mol. The largest absolute Gasteiger partial charge is 0.496 e. The van der Waals surface area contributed by atoms with Gasteiger partial charge in [0.15, 0.2) is 0 Å². The average Bonchev–Trinajstić information content (AvgIpc) is 3.99. The number of rotatable bonds is 10. The van der Waals surface area contributed by atoms with Crippen molar-refractivity contribution in [2.24, 2.45) is 5.92 Å². The number of halogens is 2. The number of aryl methyl sites for hydroxylation is 1. The van der Waals surface area contributed by atoms with E-state index in [0.717, 1.165) is 40.9 Å². The van der Waals surface area contributed by atoms with E-state index in [-0.39, 0.29) is 31.2 Å². The van der Waals surface area contributed by atoms with E-state index in [0.29, 0.717) is 64.1 Å². The quantitative estimate of drug-likeness (QED) is 0.132. The Morgan fingerprint density at radius 3 is 2.50 bits per heavy atom. The van der Waals surface area contributed by atoms with Gasteiger partial charge >= 0.3 is 0 Å². The molecule has 0 spiro atoms. The summed E-state index contributed by atoms with van der Waals surface area (Å²) in [5, 5.41) is 10.6. The van der Waals surface area contributed by atoms with Crippen molar-refractivity contribution < 1.29 is 32.3 Å². The number of carbonyl (C=O) groups is 3. The summed E-state index contributed by atoms with van der Waals surface area (Å²) in [6.07, 6.45) is 7.97. The average molecular weight is 924 g/mol. The molecular formula is C45H52Cl2N6O7S2. The van der Waals surface area contributed by atoms with Gasteiger partial charge in [0.05, 0.1) is 29.6 Å². The Morgan fingerprint density at radius 1 is 1.05 bits per heavy atom. The Labute approximate surface area is 376 Å². The molecule has 2 aliphatic carbocycles. The number of sulfonamides is 1. The fourth-order valence-corrected chi connectivity index (χ4v) is 11.2. The van der Waals surface area contributed by atoms with E-state index in [1.165, 1.54) is 16.2 Å². The number of aromatic nitrogens is 2. The van der Waals surface area contributed by atoms with Crippen LogP contribution >= 0.6 is 34.5 Å². The number of anilines is 1. The lowest BCUT2D eigenvalue weighted by Crippen LogP contribution is -2.58. The molecule has 4 aliphatic rings. The first kappa shape index (κ1) is 44.2. The Hall–Kier alpha value is -4.44. The third kappa shape index (κ3) is 8.87. The minimum absolute atomic E-state index is 0.0453. The zero-order valence-electron chi connectivity index (χ0n) is 35.4. The summed E-state index contributed by atoms with van der Waals surface area (Å²) in [6, 6.07) is 8.76. The van der Waals surface area contributed by atoms with Gasteiger partial charge in [-0.1, -0.05) is 62.0 Å². The lowest BCUT2D eigenvalue weighted by molar-refractivity contribution is -0.140. The zero-order chi connectivity index (χ0) is 44.1. The first-order chi connectivity index (χ1) is 29.5. The van der Waals surface area contributed by atoms with Gasteiger partial charge in [0.25, 0.3) is 5.91 Å². The van der Waals surface area contributed by atoms with Gasteiger partial charge < -0.3 is 25.0 Å². The maximum absolute atomic E-state index is 15.0. The summed E-state index contributed by atoms with van der Waals surface area (Å²) in [7, 11) is -2.39. The molecule has 0 radical (unpaired) electrons. The minimum Gasteiger partial charge on any atom is -0.496 e. The molecule has 330 valence electrons. The summed E-state index contributed by atoms with van der Waals surface area (Å²) in [6.45, 7) is 7.75. The van der Waals surface area contributed by atoms with Crippen LogP contribution in [0.4, 0.5) is 5.69 Å². The van der Waals surface area contributed by atoms with Crippen LogP contribution in [0.1, 0.15) is 95.7 Å². The number of fused-ring (bicyclic) bond motifs is 3. The number of amides is 3. The van der Waals surface area contributed by atoms with Crippen LogP contribution in [0.15, 0.2) is 53.9 Å². The molecule has 2 saturated carbocycles. The molecule has 1 saturated heterocycles. The first-order valence-corrected chi connectivity index (χ1v) is 24.3. The summed E-state index contributed by atoms with van der Waals surface area (Å²) in [5.74, 6) is -0.726. The smallest absolute Gasteiger partial charge is 0.259 e. The van der Waals surface area contributed by atoms with Crippen molar-refractivity contribution in [1.29, 1.82) is 0 Å². The van der Waals surface area contributed by atoms with Gasteiger partial charge in [0.1, 0.15) is 45.9 Å². The van der Waals surface area contributed by atoms with Crippen LogP contribution in [-0.2, 0) is 24.4 Å². The lowest BCUT2D eigenvalue weighted by Gasteiger charge is -2.30. The van der Waals surface area contributed by atoms with Crippen LogP contribution in [0.5, 0.6) is 11.5 Å². The molecule has 2 aliphatic heterocycles. The molecule has 2 aromatic heterocycles. The Kier molecular flexibility index (Phi) is 12.3. The van der Waals surface area contributed by atoms with Crippen LogP contribution in [0.25, 0.3) is 21.6 Å². The summed E-state index contributed by atoms with van der Waals surface area (Å²) < 4.78 is 40.4. The zero-order valence-corrected chi connectivity index (χ0v) is 38.6. The molecule has 3 fully saturated rings. The fourth-order valence-electron chi connectivity index (χ4n) is 8.44. The second-order valence-corrected chi connectivity index (χ2v) is 21.5. The van der Waals surface area contributed by atoms with Crippen LogP contribution < -0.4 is 24.8 Å². The number of nitrogens with zero attached hydrogens (tertiary/aromatic N) is 3. The molecule has 17 heteroatoms.